The van der Waals surface area contributed by atoms with Gasteiger partial charge in [-0.1, -0.05) is 18.2 Å². The average molecular weight is 295 g/mol. The molecule has 0 radical (unpaired) electrons. The highest BCUT2D eigenvalue weighted by molar-refractivity contribution is 7.92. The van der Waals surface area contributed by atoms with Gasteiger partial charge in [0.25, 0.3) is 10.0 Å². The quantitative estimate of drug-likeness (QED) is 0.918. The average Bonchev–Trinajstić information content (AvgIpc) is 2.91. The summed E-state index contributed by atoms with van der Waals surface area (Å²) in [5.74, 6) is 0.226. The van der Waals surface area contributed by atoms with E-state index in [9.17, 15) is 8.42 Å². The number of aliphatic hydroxyl groups is 1. The van der Waals surface area contributed by atoms with Gasteiger partial charge in [-0.2, -0.15) is 8.42 Å². The molecule has 2 rings (SSSR count). The number of aliphatic hydroxyl groups excluding tert-OH is 1. The summed E-state index contributed by atoms with van der Waals surface area (Å²) in [5, 5.41) is 8.81. The van der Waals surface area contributed by atoms with Gasteiger partial charge >= 0.3 is 0 Å². The fraction of sp³-hybridized carbons (Fsp3) is 0.286. The monoisotopic (exact) mass is 295 g/mol. The van der Waals surface area contributed by atoms with Gasteiger partial charge in [-0.15, -0.1) is 0 Å². The van der Waals surface area contributed by atoms with Crippen LogP contribution in [0.15, 0.2) is 45.9 Å². The van der Waals surface area contributed by atoms with E-state index < -0.39 is 10.0 Å². The van der Waals surface area contributed by atoms with Crippen LogP contribution in [0.2, 0.25) is 0 Å². The lowest BCUT2D eigenvalue weighted by Gasteiger charge is -2.23. The van der Waals surface area contributed by atoms with E-state index in [1.807, 2.05) is 19.1 Å². The van der Waals surface area contributed by atoms with Crippen LogP contribution in [0.25, 0.3) is 0 Å². The second kappa shape index (κ2) is 5.68. The first-order valence-corrected chi connectivity index (χ1v) is 7.72. The second-order valence-electron chi connectivity index (χ2n) is 4.34. The molecule has 5 nitrogen and oxygen atoms in total. The predicted octanol–water partition coefficient (Wildman–Crippen LogP) is 2.30. The smallest absolute Gasteiger partial charge is 0.297 e. The van der Waals surface area contributed by atoms with E-state index in [2.05, 4.69) is 0 Å². The Hall–Kier alpha value is -1.79. The van der Waals surface area contributed by atoms with Gasteiger partial charge in [0.05, 0.1) is 5.69 Å². The number of aryl methyl sites for hydroxylation is 1. The molecule has 0 saturated carbocycles. The van der Waals surface area contributed by atoms with Crippen molar-refractivity contribution in [2.75, 3.05) is 10.8 Å². The molecule has 0 aliphatic heterocycles. The molecule has 20 heavy (non-hydrogen) atoms. The zero-order valence-corrected chi connectivity index (χ0v) is 12.2. The molecule has 0 saturated heterocycles. The van der Waals surface area contributed by atoms with E-state index in [4.69, 9.17) is 9.52 Å². The van der Waals surface area contributed by atoms with E-state index in [1.54, 1.807) is 19.1 Å². The van der Waals surface area contributed by atoms with Crippen LogP contribution in [0.1, 0.15) is 18.2 Å². The topological polar surface area (TPSA) is 70.8 Å². The molecule has 1 aromatic carbocycles. The number of hydrogen-bond acceptors (Lipinski definition) is 4. The minimum absolute atomic E-state index is 0.161. The Morgan fingerprint density at radius 3 is 2.45 bits per heavy atom. The molecule has 2 aromatic rings. The molecule has 0 spiro atoms. The highest BCUT2D eigenvalue weighted by Crippen LogP contribution is 2.27. The first-order chi connectivity index (χ1) is 9.50. The Kier molecular flexibility index (Phi) is 4.15. The van der Waals surface area contributed by atoms with E-state index in [0.717, 1.165) is 5.56 Å². The molecule has 108 valence electrons. The third-order valence-electron chi connectivity index (χ3n) is 3.01. The van der Waals surface area contributed by atoms with Crippen molar-refractivity contribution in [2.45, 2.75) is 25.5 Å². The summed E-state index contributed by atoms with van der Waals surface area (Å²) < 4.78 is 31.6. The Morgan fingerprint density at radius 1 is 1.20 bits per heavy atom. The summed E-state index contributed by atoms with van der Waals surface area (Å²) in [6.45, 7) is 3.59. The van der Waals surface area contributed by atoms with Crippen LogP contribution in [0.5, 0.6) is 0 Å². The third kappa shape index (κ3) is 2.57. The van der Waals surface area contributed by atoms with Crippen LogP contribution in [0.3, 0.4) is 0 Å². The van der Waals surface area contributed by atoms with Gasteiger partial charge in [-0.05, 0) is 37.6 Å². The van der Waals surface area contributed by atoms with Crippen molar-refractivity contribution < 1.29 is 17.9 Å². The number of benzene rings is 1. The fourth-order valence-corrected chi connectivity index (χ4v) is 3.48. The van der Waals surface area contributed by atoms with Gasteiger partial charge < -0.3 is 9.52 Å². The van der Waals surface area contributed by atoms with Crippen LogP contribution < -0.4 is 4.31 Å². The molecule has 1 N–H and O–H groups in total. The van der Waals surface area contributed by atoms with Gasteiger partial charge in [0.2, 0.25) is 5.09 Å². The number of furan rings is 1. The van der Waals surface area contributed by atoms with Crippen molar-refractivity contribution in [1.29, 1.82) is 0 Å². The van der Waals surface area contributed by atoms with Crippen LogP contribution in [-0.4, -0.2) is 20.1 Å². The van der Waals surface area contributed by atoms with Gasteiger partial charge in [-0.3, -0.25) is 4.31 Å². The Balaban J connectivity index is 2.48. The SMILES string of the molecule is CCN(c1ccccc1C)S(=O)(=O)c1ccc(CO)o1. The second-order valence-corrected chi connectivity index (χ2v) is 6.13. The minimum atomic E-state index is -3.76. The maximum absolute atomic E-state index is 12.6. The normalized spacial score (nSPS) is 11.6. The fourth-order valence-electron chi connectivity index (χ4n) is 2.00. The van der Waals surface area contributed by atoms with Gasteiger partial charge in [0.15, 0.2) is 0 Å². The standard InChI is InChI=1S/C14H17NO4S/c1-3-15(13-7-5-4-6-11(13)2)20(17,18)14-9-8-12(10-16)19-14/h4-9,16H,3,10H2,1-2H3. The van der Waals surface area contributed by atoms with E-state index in [1.165, 1.54) is 16.4 Å². The lowest BCUT2D eigenvalue weighted by molar-refractivity contribution is 0.236. The Morgan fingerprint density at radius 2 is 1.90 bits per heavy atom. The summed E-state index contributed by atoms with van der Waals surface area (Å²) >= 11 is 0. The third-order valence-corrected chi connectivity index (χ3v) is 4.77. The lowest BCUT2D eigenvalue weighted by atomic mass is 10.2. The molecule has 1 aromatic heterocycles. The predicted molar refractivity (Wildman–Crippen MR) is 76.0 cm³/mol. The summed E-state index contributed by atoms with van der Waals surface area (Å²) in [7, 11) is -3.76. The molecule has 0 aliphatic carbocycles. The number of hydrogen-bond donors (Lipinski definition) is 1. The van der Waals surface area contributed by atoms with Gasteiger partial charge in [-0.25, -0.2) is 0 Å². The first kappa shape index (κ1) is 14.6. The van der Waals surface area contributed by atoms with Crippen molar-refractivity contribution in [3.63, 3.8) is 0 Å². The minimum Gasteiger partial charge on any atom is -0.445 e. The molecule has 0 bridgehead atoms. The molecule has 0 aliphatic rings. The Labute approximate surface area is 118 Å². The van der Waals surface area contributed by atoms with Crippen molar-refractivity contribution >= 4 is 15.7 Å². The van der Waals surface area contributed by atoms with E-state index in [0.29, 0.717) is 12.2 Å². The maximum Gasteiger partial charge on any atom is 0.297 e. The molecular weight excluding hydrogens is 278 g/mol. The number of anilines is 1. The molecule has 6 heteroatoms. The van der Waals surface area contributed by atoms with E-state index >= 15 is 0 Å². The summed E-state index contributed by atoms with van der Waals surface area (Å²) in [4.78, 5) is 0. The first-order valence-electron chi connectivity index (χ1n) is 6.28. The van der Waals surface area contributed by atoms with Crippen molar-refractivity contribution in [3.8, 4) is 0 Å². The summed E-state index contributed by atoms with van der Waals surface area (Å²) in [6, 6.07) is 10.1. The summed E-state index contributed by atoms with van der Waals surface area (Å²) in [6.07, 6.45) is 0. The van der Waals surface area contributed by atoms with Crippen LogP contribution in [-0.2, 0) is 16.6 Å². The molecule has 0 unspecified atom stereocenters. The highest BCUT2D eigenvalue weighted by atomic mass is 32.2. The van der Waals surface area contributed by atoms with Crippen molar-refractivity contribution in [3.05, 3.63) is 47.7 Å². The number of nitrogens with zero attached hydrogens (tertiary/aromatic N) is 1. The van der Waals surface area contributed by atoms with Crippen LogP contribution in [0.4, 0.5) is 5.69 Å². The van der Waals surface area contributed by atoms with Crippen molar-refractivity contribution in [2.24, 2.45) is 0 Å². The van der Waals surface area contributed by atoms with Crippen LogP contribution >= 0.6 is 0 Å². The van der Waals surface area contributed by atoms with Crippen molar-refractivity contribution in [1.82, 2.24) is 0 Å². The number of sulfonamides is 1. The summed E-state index contributed by atoms with van der Waals surface area (Å²) in [5.41, 5.74) is 1.49. The highest BCUT2D eigenvalue weighted by Gasteiger charge is 2.27. The molecule has 0 atom stereocenters. The lowest BCUT2D eigenvalue weighted by Crippen LogP contribution is -2.31. The molecular formula is C14H17NO4S. The number of rotatable bonds is 5. The van der Waals surface area contributed by atoms with Crippen LogP contribution in [0, 0.1) is 6.92 Å². The zero-order valence-electron chi connectivity index (χ0n) is 11.4. The van der Waals surface area contributed by atoms with Gasteiger partial charge in [0, 0.05) is 6.54 Å². The molecule has 0 amide bonds. The molecule has 0 fully saturated rings. The van der Waals surface area contributed by atoms with E-state index in [-0.39, 0.29) is 17.5 Å². The largest absolute Gasteiger partial charge is 0.445 e. The number of para-hydroxylation sites is 1. The van der Waals surface area contributed by atoms with Gasteiger partial charge in [0.1, 0.15) is 12.4 Å². The maximum atomic E-state index is 12.6. The Bertz CT molecular complexity index is 691. The molecule has 1 heterocycles. The zero-order chi connectivity index (χ0) is 14.8.